The second kappa shape index (κ2) is 9.24. The molecule has 148 valence electrons. The number of hydrogen-bond acceptors (Lipinski definition) is 5. The standard InChI is InChI=1S/C21H31N3O3/c1-16(2)14-24-10-12-27-21(15-24)18-13-17(23(3)22-18)9-11-26-20-8-6-5-7-19(20)25-4/h5-8,13,16,21H,9-12,14-15H2,1-4H3. The second-order valence-corrected chi connectivity index (χ2v) is 7.45. The molecule has 1 unspecified atom stereocenters. The van der Waals surface area contributed by atoms with Crippen molar-refractivity contribution >= 4 is 0 Å². The molecule has 1 aliphatic rings. The van der Waals surface area contributed by atoms with E-state index in [1.807, 2.05) is 36.0 Å². The minimum absolute atomic E-state index is 0.0487. The van der Waals surface area contributed by atoms with E-state index in [2.05, 4.69) is 24.8 Å². The summed E-state index contributed by atoms with van der Waals surface area (Å²) in [4.78, 5) is 2.47. The minimum Gasteiger partial charge on any atom is -0.493 e. The van der Waals surface area contributed by atoms with Crippen LogP contribution in [0.2, 0.25) is 0 Å². The Balaban J connectivity index is 1.58. The maximum Gasteiger partial charge on any atom is 0.161 e. The Bertz CT molecular complexity index is 729. The number of para-hydroxylation sites is 2. The highest BCUT2D eigenvalue weighted by atomic mass is 16.5. The van der Waals surface area contributed by atoms with Crippen LogP contribution in [-0.4, -0.2) is 54.6 Å². The van der Waals surface area contributed by atoms with Gasteiger partial charge in [0.1, 0.15) is 6.10 Å². The third kappa shape index (κ3) is 5.23. The lowest BCUT2D eigenvalue weighted by Gasteiger charge is -2.33. The van der Waals surface area contributed by atoms with E-state index >= 15 is 0 Å². The second-order valence-electron chi connectivity index (χ2n) is 7.45. The molecule has 0 radical (unpaired) electrons. The predicted molar refractivity (Wildman–Crippen MR) is 105 cm³/mol. The van der Waals surface area contributed by atoms with E-state index in [1.54, 1.807) is 7.11 Å². The first kappa shape index (κ1) is 19.7. The van der Waals surface area contributed by atoms with Crippen LogP contribution in [0.3, 0.4) is 0 Å². The molecule has 1 aromatic heterocycles. The van der Waals surface area contributed by atoms with Crippen molar-refractivity contribution in [3.63, 3.8) is 0 Å². The van der Waals surface area contributed by atoms with Crippen LogP contribution in [0.25, 0.3) is 0 Å². The Morgan fingerprint density at radius 1 is 1.26 bits per heavy atom. The molecule has 1 saturated heterocycles. The van der Waals surface area contributed by atoms with Gasteiger partial charge in [-0.25, -0.2) is 0 Å². The molecule has 0 amide bonds. The van der Waals surface area contributed by atoms with Gasteiger partial charge in [-0.1, -0.05) is 26.0 Å². The minimum atomic E-state index is 0.0487. The smallest absolute Gasteiger partial charge is 0.161 e. The molecule has 6 nitrogen and oxygen atoms in total. The lowest BCUT2D eigenvalue weighted by Crippen LogP contribution is -2.40. The van der Waals surface area contributed by atoms with Gasteiger partial charge in [-0.2, -0.15) is 5.10 Å². The van der Waals surface area contributed by atoms with E-state index in [9.17, 15) is 0 Å². The van der Waals surface area contributed by atoms with Crippen LogP contribution in [0.4, 0.5) is 0 Å². The van der Waals surface area contributed by atoms with Crippen molar-refractivity contribution in [2.75, 3.05) is 40.0 Å². The molecule has 0 aliphatic carbocycles. The Labute approximate surface area is 162 Å². The van der Waals surface area contributed by atoms with Gasteiger partial charge in [0.2, 0.25) is 0 Å². The van der Waals surface area contributed by atoms with Gasteiger partial charge in [-0.3, -0.25) is 9.58 Å². The molecule has 2 heterocycles. The highest BCUT2D eigenvalue weighted by molar-refractivity contribution is 5.39. The highest BCUT2D eigenvalue weighted by Gasteiger charge is 2.25. The molecule has 0 spiro atoms. The summed E-state index contributed by atoms with van der Waals surface area (Å²) in [7, 11) is 3.64. The zero-order chi connectivity index (χ0) is 19.2. The fraction of sp³-hybridized carbons (Fsp3) is 0.571. The van der Waals surface area contributed by atoms with Gasteiger partial charge < -0.3 is 14.2 Å². The van der Waals surface area contributed by atoms with Gasteiger partial charge in [0.25, 0.3) is 0 Å². The van der Waals surface area contributed by atoms with Gasteiger partial charge in [-0.15, -0.1) is 0 Å². The summed E-state index contributed by atoms with van der Waals surface area (Å²) in [6.07, 6.45) is 0.830. The lowest BCUT2D eigenvalue weighted by molar-refractivity contribution is -0.0354. The van der Waals surface area contributed by atoms with Crippen molar-refractivity contribution in [3.05, 3.63) is 41.7 Å². The van der Waals surface area contributed by atoms with Crippen LogP contribution in [0.15, 0.2) is 30.3 Å². The number of rotatable bonds is 8. The predicted octanol–water partition coefficient (Wildman–Crippen LogP) is 3.08. The third-order valence-electron chi connectivity index (χ3n) is 4.78. The molecule has 1 atom stereocenters. The van der Waals surface area contributed by atoms with Crippen LogP contribution in [0, 0.1) is 5.92 Å². The summed E-state index contributed by atoms with van der Waals surface area (Å²) in [5.74, 6) is 2.18. The van der Waals surface area contributed by atoms with Gasteiger partial charge in [0.15, 0.2) is 11.5 Å². The number of nitrogens with zero attached hydrogens (tertiary/aromatic N) is 3. The average Bonchev–Trinajstić information content (AvgIpc) is 3.03. The van der Waals surface area contributed by atoms with E-state index in [0.29, 0.717) is 12.5 Å². The molecule has 1 aromatic carbocycles. The van der Waals surface area contributed by atoms with Gasteiger partial charge >= 0.3 is 0 Å². The molecule has 27 heavy (non-hydrogen) atoms. The lowest BCUT2D eigenvalue weighted by atomic mass is 10.1. The molecule has 3 rings (SSSR count). The number of aromatic nitrogens is 2. The Kier molecular flexibility index (Phi) is 6.74. The fourth-order valence-corrected chi connectivity index (χ4v) is 3.49. The zero-order valence-electron chi connectivity index (χ0n) is 16.9. The molecular weight excluding hydrogens is 342 g/mol. The summed E-state index contributed by atoms with van der Waals surface area (Å²) in [6, 6.07) is 9.86. The van der Waals surface area contributed by atoms with Crippen LogP contribution in [0.5, 0.6) is 11.5 Å². The first-order valence-electron chi connectivity index (χ1n) is 9.69. The number of benzene rings is 1. The van der Waals surface area contributed by atoms with Crippen LogP contribution >= 0.6 is 0 Å². The van der Waals surface area contributed by atoms with Gasteiger partial charge in [-0.05, 0) is 24.1 Å². The summed E-state index contributed by atoms with van der Waals surface area (Å²) < 4.78 is 19.1. The maximum absolute atomic E-state index is 5.98. The van der Waals surface area contributed by atoms with E-state index in [4.69, 9.17) is 19.3 Å². The number of hydrogen-bond donors (Lipinski definition) is 0. The third-order valence-corrected chi connectivity index (χ3v) is 4.78. The van der Waals surface area contributed by atoms with Gasteiger partial charge in [0, 0.05) is 38.8 Å². The Hall–Kier alpha value is -2.05. The summed E-state index contributed by atoms with van der Waals surface area (Å²) in [5, 5.41) is 4.69. The van der Waals surface area contributed by atoms with Crippen LogP contribution < -0.4 is 9.47 Å². The van der Waals surface area contributed by atoms with Crippen LogP contribution in [0.1, 0.15) is 31.3 Å². The molecule has 0 bridgehead atoms. The Morgan fingerprint density at radius 2 is 2.04 bits per heavy atom. The normalized spacial score (nSPS) is 18.0. The van der Waals surface area contributed by atoms with Crippen LogP contribution in [-0.2, 0) is 18.2 Å². The van der Waals surface area contributed by atoms with Crippen molar-refractivity contribution < 1.29 is 14.2 Å². The molecule has 0 N–H and O–H groups in total. The molecule has 0 saturated carbocycles. The van der Waals surface area contributed by atoms with Crippen molar-refractivity contribution in [1.82, 2.24) is 14.7 Å². The van der Waals surface area contributed by atoms with Crippen molar-refractivity contribution in [3.8, 4) is 11.5 Å². The summed E-state index contributed by atoms with van der Waals surface area (Å²) in [6.45, 7) is 8.86. The van der Waals surface area contributed by atoms with E-state index in [0.717, 1.165) is 55.5 Å². The largest absolute Gasteiger partial charge is 0.493 e. The Morgan fingerprint density at radius 3 is 2.78 bits per heavy atom. The number of aryl methyl sites for hydroxylation is 1. The number of methoxy groups -OCH3 is 1. The van der Waals surface area contributed by atoms with E-state index in [-0.39, 0.29) is 6.10 Å². The molecule has 1 fully saturated rings. The molecule has 1 aliphatic heterocycles. The first-order valence-corrected chi connectivity index (χ1v) is 9.69. The molecule has 6 heteroatoms. The molecule has 2 aromatic rings. The zero-order valence-corrected chi connectivity index (χ0v) is 16.9. The topological polar surface area (TPSA) is 48.8 Å². The van der Waals surface area contributed by atoms with Crippen molar-refractivity contribution in [2.45, 2.75) is 26.4 Å². The first-order chi connectivity index (χ1) is 13.1. The molecular formula is C21H31N3O3. The van der Waals surface area contributed by atoms with E-state index in [1.165, 1.54) is 0 Å². The SMILES string of the molecule is COc1ccccc1OCCc1cc(C2CN(CC(C)C)CCO2)nn1C. The maximum atomic E-state index is 5.98. The number of morpholine rings is 1. The van der Waals surface area contributed by atoms with Crippen molar-refractivity contribution in [2.24, 2.45) is 13.0 Å². The fourth-order valence-electron chi connectivity index (χ4n) is 3.49. The van der Waals surface area contributed by atoms with Crippen molar-refractivity contribution in [1.29, 1.82) is 0 Å². The highest BCUT2D eigenvalue weighted by Crippen LogP contribution is 2.26. The summed E-state index contributed by atoms with van der Waals surface area (Å²) in [5.41, 5.74) is 2.16. The summed E-state index contributed by atoms with van der Waals surface area (Å²) >= 11 is 0. The van der Waals surface area contributed by atoms with E-state index < -0.39 is 0 Å². The quantitative estimate of drug-likeness (QED) is 0.712. The average molecular weight is 373 g/mol. The van der Waals surface area contributed by atoms with Gasteiger partial charge in [0.05, 0.1) is 26.0 Å². The monoisotopic (exact) mass is 373 g/mol. The number of ether oxygens (including phenoxy) is 3.